The summed E-state index contributed by atoms with van der Waals surface area (Å²) in [6.45, 7) is 4.02. The molecule has 8 heteroatoms. The molecule has 154 valence electrons. The molecule has 0 spiro atoms. The number of rotatable bonds is 8. The van der Waals surface area contributed by atoms with E-state index in [1.54, 1.807) is 23.3 Å². The van der Waals surface area contributed by atoms with E-state index in [0.29, 0.717) is 44.2 Å². The van der Waals surface area contributed by atoms with Crippen molar-refractivity contribution in [1.82, 2.24) is 10.2 Å². The SMILES string of the molecule is CCN(Cc1ccc(OCc2cccs2)c(OC)c1)C(=O)C1CC(O)CN1.Cl. The second kappa shape index (κ2) is 10.7. The number of hydrogen-bond donors (Lipinski definition) is 2. The van der Waals surface area contributed by atoms with E-state index in [9.17, 15) is 9.90 Å². The van der Waals surface area contributed by atoms with E-state index in [4.69, 9.17) is 9.47 Å². The quantitative estimate of drug-likeness (QED) is 0.679. The van der Waals surface area contributed by atoms with Crippen molar-refractivity contribution < 1.29 is 19.4 Å². The number of aliphatic hydroxyl groups excluding tert-OH is 1. The van der Waals surface area contributed by atoms with Gasteiger partial charge in [-0.2, -0.15) is 0 Å². The number of hydrogen-bond acceptors (Lipinski definition) is 6. The Hall–Kier alpha value is -1.80. The van der Waals surface area contributed by atoms with Crippen LogP contribution in [0.3, 0.4) is 0 Å². The molecule has 1 aliphatic rings. The summed E-state index contributed by atoms with van der Waals surface area (Å²) in [5.41, 5.74) is 0.976. The number of β-amino-alcohol motifs (C(OH)–C–C–N with tert-alkyl or cyclic N) is 1. The summed E-state index contributed by atoms with van der Waals surface area (Å²) in [6.07, 6.45) is 0.0197. The Labute approximate surface area is 175 Å². The van der Waals surface area contributed by atoms with Gasteiger partial charge in [-0.3, -0.25) is 4.79 Å². The Morgan fingerprint density at radius 2 is 2.18 bits per heavy atom. The van der Waals surface area contributed by atoms with Crippen LogP contribution in [-0.2, 0) is 17.9 Å². The normalized spacial score (nSPS) is 18.4. The molecule has 1 amide bonds. The highest BCUT2D eigenvalue weighted by molar-refractivity contribution is 7.09. The van der Waals surface area contributed by atoms with E-state index >= 15 is 0 Å². The molecule has 3 rings (SSSR count). The number of carbonyl (C=O) groups is 1. The van der Waals surface area contributed by atoms with Gasteiger partial charge < -0.3 is 24.8 Å². The summed E-state index contributed by atoms with van der Waals surface area (Å²) in [4.78, 5) is 15.6. The van der Waals surface area contributed by atoms with Crippen molar-refractivity contribution >= 4 is 29.7 Å². The number of benzene rings is 1. The highest BCUT2D eigenvalue weighted by Crippen LogP contribution is 2.30. The number of halogens is 1. The molecule has 2 unspecified atom stereocenters. The molecule has 1 fully saturated rings. The lowest BCUT2D eigenvalue weighted by atomic mass is 10.1. The van der Waals surface area contributed by atoms with Crippen molar-refractivity contribution in [2.24, 2.45) is 0 Å². The molecule has 1 saturated heterocycles. The zero-order valence-electron chi connectivity index (χ0n) is 16.1. The molecule has 28 heavy (non-hydrogen) atoms. The minimum Gasteiger partial charge on any atom is -0.493 e. The maximum atomic E-state index is 12.7. The Bertz CT molecular complexity index is 757. The lowest BCUT2D eigenvalue weighted by Gasteiger charge is -2.24. The van der Waals surface area contributed by atoms with Gasteiger partial charge in [0.15, 0.2) is 11.5 Å². The molecular weight excluding hydrogens is 400 g/mol. The maximum absolute atomic E-state index is 12.7. The molecular formula is C20H27ClN2O4S. The Kier molecular flexibility index (Phi) is 8.57. The number of amides is 1. The summed E-state index contributed by atoms with van der Waals surface area (Å²) in [5.74, 6) is 1.36. The van der Waals surface area contributed by atoms with Crippen LogP contribution in [0.5, 0.6) is 11.5 Å². The van der Waals surface area contributed by atoms with E-state index < -0.39 is 6.10 Å². The highest BCUT2D eigenvalue weighted by atomic mass is 35.5. The number of nitrogens with one attached hydrogen (secondary N) is 1. The minimum absolute atomic E-state index is 0. The predicted molar refractivity (Wildman–Crippen MR) is 112 cm³/mol. The smallest absolute Gasteiger partial charge is 0.240 e. The Balaban J connectivity index is 0.00000280. The van der Waals surface area contributed by atoms with Gasteiger partial charge in [0.05, 0.1) is 19.3 Å². The number of thiophene rings is 1. The molecule has 2 N–H and O–H groups in total. The second-order valence-electron chi connectivity index (χ2n) is 6.56. The van der Waals surface area contributed by atoms with Crippen molar-refractivity contribution in [1.29, 1.82) is 0 Å². The second-order valence-corrected chi connectivity index (χ2v) is 7.59. The molecule has 2 heterocycles. The van der Waals surface area contributed by atoms with Crippen molar-refractivity contribution in [2.45, 2.75) is 38.6 Å². The molecule has 0 saturated carbocycles. The van der Waals surface area contributed by atoms with E-state index in [2.05, 4.69) is 5.32 Å². The van der Waals surface area contributed by atoms with Crippen LogP contribution < -0.4 is 14.8 Å². The van der Waals surface area contributed by atoms with Crippen LogP contribution in [0.1, 0.15) is 23.8 Å². The van der Waals surface area contributed by atoms with Gasteiger partial charge in [0.25, 0.3) is 0 Å². The lowest BCUT2D eigenvalue weighted by molar-refractivity contribution is -0.133. The zero-order chi connectivity index (χ0) is 19.2. The number of methoxy groups -OCH3 is 1. The van der Waals surface area contributed by atoms with Crippen molar-refractivity contribution in [3.63, 3.8) is 0 Å². The van der Waals surface area contributed by atoms with Crippen LogP contribution in [0, 0.1) is 0 Å². The standard InChI is InChI=1S/C20H26N2O4S.ClH/c1-3-22(20(24)17-10-15(23)11-21-17)12-14-6-7-18(19(9-14)25-2)26-13-16-5-4-8-27-16;/h4-9,15,17,21,23H,3,10-13H2,1-2H3;1H. The third-order valence-electron chi connectivity index (χ3n) is 4.65. The summed E-state index contributed by atoms with van der Waals surface area (Å²) in [7, 11) is 1.61. The van der Waals surface area contributed by atoms with Crippen LogP contribution in [0.2, 0.25) is 0 Å². The fraction of sp³-hybridized carbons (Fsp3) is 0.450. The summed E-state index contributed by atoms with van der Waals surface area (Å²) < 4.78 is 11.3. The number of carbonyl (C=O) groups excluding carboxylic acids is 1. The fourth-order valence-corrected chi connectivity index (χ4v) is 3.78. The first-order chi connectivity index (χ1) is 13.1. The van der Waals surface area contributed by atoms with Crippen LogP contribution in [0.15, 0.2) is 35.7 Å². The third-order valence-corrected chi connectivity index (χ3v) is 5.50. The molecule has 0 bridgehead atoms. The monoisotopic (exact) mass is 426 g/mol. The first-order valence-corrected chi connectivity index (χ1v) is 10.0. The fourth-order valence-electron chi connectivity index (χ4n) is 3.16. The van der Waals surface area contributed by atoms with Gasteiger partial charge in [-0.25, -0.2) is 0 Å². The molecule has 0 radical (unpaired) electrons. The number of nitrogens with zero attached hydrogens (tertiary/aromatic N) is 1. The van der Waals surface area contributed by atoms with Gasteiger partial charge in [-0.1, -0.05) is 12.1 Å². The molecule has 1 aromatic carbocycles. The molecule has 1 aliphatic heterocycles. The third kappa shape index (κ3) is 5.61. The first-order valence-electron chi connectivity index (χ1n) is 9.13. The van der Waals surface area contributed by atoms with E-state index in [1.807, 2.05) is 42.6 Å². The minimum atomic E-state index is -0.447. The number of likely N-dealkylation sites (N-methyl/N-ethyl adjacent to an activating group) is 1. The van der Waals surface area contributed by atoms with Crippen LogP contribution in [-0.4, -0.2) is 48.3 Å². The topological polar surface area (TPSA) is 71.0 Å². The van der Waals surface area contributed by atoms with E-state index in [1.165, 1.54) is 0 Å². The van der Waals surface area contributed by atoms with Gasteiger partial charge in [-0.05, 0) is 42.5 Å². The number of aliphatic hydroxyl groups is 1. The lowest BCUT2D eigenvalue weighted by Crippen LogP contribution is -2.43. The largest absolute Gasteiger partial charge is 0.493 e. The van der Waals surface area contributed by atoms with Crippen LogP contribution in [0.4, 0.5) is 0 Å². The summed E-state index contributed by atoms with van der Waals surface area (Å²) in [5, 5.41) is 14.8. The Morgan fingerprint density at radius 1 is 1.36 bits per heavy atom. The van der Waals surface area contributed by atoms with Crippen molar-refractivity contribution in [3.8, 4) is 11.5 Å². The van der Waals surface area contributed by atoms with Gasteiger partial charge >= 0.3 is 0 Å². The Morgan fingerprint density at radius 3 is 2.79 bits per heavy atom. The van der Waals surface area contributed by atoms with Crippen LogP contribution in [0.25, 0.3) is 0 Å². The van der Waals surface area contributed by atoms with Gasteiger partial charge in [0.1, 0.15) is 6.61 Å². The van der Waals surface area contributed by atoms with E-state index in [0.717, 1.165) is 10.4 Å². The maximum Gasteiger partial charge on any atom is 0.240 e. The average Bonchev–Trinajstić information content (AvgIpc) is 3.36. The summed E-state index contributed by atoms with van der Waals surface area (Å²) >= 11 is 1.65. The van der Waals surface area contributed by atoms with Gasteiger partial charge in [0, 0.05) is 24.5 Å². The molecule has 2 aromatic rings. The van der Waals surface area contributed by atoms with Crippen LogP contribution >= 0.6 is 23.7 Å². The van der Waals surface area contributed by atoms with Gasteiger partial charge in [0.2, 0.25) is 5.91 Å². The van der Waals surface area contributed by atoms with Gasteiger partial charge in [-0.15, -0.1) is 23.7 Å². The zero-order valence-corrected chi connectivity index (χ0v) is 17.7. The molecule has 0 aliphatic carbocycles. The average molecular weight is 427 g/mol. The summed E-state index contributed by atoms with van der Waals surface area (Å²) in [6, 6.07) is 9.48. The highest BCUT2D eigenvalue weighted by Gasteiger charge is 2.30. The van der Waals surface area contributed by atoms with Crippen molar-refractivity contribution in [2.75, 3.05) is 20.2 Å². The molecule has 2 atom stereocenters. The molecule has 6 nitrogen and oxygen atoms in total. The first kappa shape index (κ1) is 22.5. The number of ether oxygens (including phenoxy) is 2. The van der Waals surface area contributed by atoms with E-state index in [-0.39, 0.29) is 24.4 Å². The predicted octanol–water partition coefficient (Wildman–Crippen LogP) is 2.83. The van der Waals surface area contributed by atoms with Crippen molar-refractivity contribution in [3.05, 3.63) is 46.2 Å². The molecule has 1 aromatic heterocycles.